The van der Waals surface area contributed by atoms with Crippen LogP contribution in [-0.2, 0) is 4.74 Å². The van der Waals surface area contributed by atoms with Gasteiger partial charge in [0.1, 0.15) is 0 Å². The third kappa shape index (κ3) is 4.96. The summed E-state index contributed by atoms with van der Waals surface area (Å²) in [5.41, 5.74) is 0. The Balaban J connectivity index is 2.14. The Labute approximate surface area is 94.2 Å². The highest BCUT2D eigenvalue weighted by molar-refractivity contribution is 4.79. The number of nitrogens with zero attached hydrogens (tertiary/aromatic N) is 1. The molecule has 1 aliphatic heterocycles. The summed E-state index contributed by atoms with van der Waals surface area (Å²) in [4.78, 5) is 2.57. The fraction of sp³-hybridized carbons (Fsp3) is 1.00. The Hall–Kier alpha value is -0.120. The second-order valence-corrected chi connectivity index (χ2v) is 4.64. The number of likely N-dealkylation sites (tertiary alicyclic amines) is 1. The van der Waals surface area contributed by atoms with Gasteiger partial charge in [-0.25, -0.2) is 0 Å². The lowest BCUT2D eigenvalue weighted by Crippen LogP contribution is -2.46. The first-order chi connectivity index (χ1) is 7.26. The van der Waals surface area contributed by atoms with Gasteiger partial charge in [0, 0.05) is 19.2 Å². The largest absolute Gasteiger partial charge is 0.383 e. The van der Waals surface area contributed by atoms with E-state index < -0.39 is 0 Å². The van der Waals surface area contributed by atoms with E-state index in [9.17, 15) is 0 Å². The van der Waals surface area contributed by atoms with Crippen LogP contribution in [0.3, 0.4) is 0 Å². The van der Waals surface area contributed by atoms with Crippen LogP contribution in [0.4, 0.5) is 0 Å². The van der Waals surface area contributed by atoms with Gasteiger partial charge in [0.15, 0.2) is 0 Å². The summed E-state index contributed by atoms with van der Waals surface area (Å²) in [6.07, 6.45) is 3.85. The fourth-order valence-electron chi connectivity index (χ4n) is 2.34. The molecule has 0 amide bonds. The van der Waals surface area contributed by atoms with E-state index in [0.717, 1.165) is 6.61 Å². The Morgan fingerprint density at radius 3 is 2.60 bits per heavy atom. The van der Waals surface area contributed by atoms with Gasteiger partial charge in [-0.05, 0) is 45.8 Å². The average molecular weight is 214 g/mol. The second-order valence-electron chi connectivity index (χ2n) is 4.64. The van der Waals surface area contributed by atoms with Crippen molar-refractivity contribution in [2.45, 2.75) is 45.2 Å². The molecule has 1 N–H and O–H groups in total. The average Bonchev–Trinajstić information content (AvgIpc) is 2.22. The topological polar surface area (TPSA) is 24.5 Å². The summed E-state index contributed by atoms with van der Waals surface area (Å²) >= 11 is 0. The summed E-state index contributed by atoms with van der Waals surface area (Å²) in [6, 6.07) is 1.18. The standard InChI is InChI=1S/C12H26N2O/c1-4-7-14-8-5-12(6-9-14)13-11(2)10-15-3/h11-13H,4-10H2,1-3H3/t11-/m0/s1. The SMILES string of the molecule is CCCN1CCC(N[C@@H](C)COC)CC1. The highest BCUT2D eigenvalue weighted by Crippen LogP contribution is 2.11. The summed E-state index contributed by atoms with van der Waals surface area (Å²) in [5.74, 6) is 0. The number of methoxy groups -OCH3 is 1. The zero-order valence-corrected chi connectivity index (χ0v) is 10.5. The van der Waals surface area contributed by atoms with E-state index in [2.05, 4.69) is 24.1 Å². The van der Waals surface area contributed by atoms with Gasteiger partial charge in [0.05, 0.1) is 6.61 Å². The van der Waals surface area contributed by atoms with Gasteiger partial charge in [-0.2, -0.15) is 0 Å². The Morgan fingerprint density at radius 1 is 1.40 bits per heavy atom. The molecule has 1 aliphatic rings. The van der Waals surface area contributed by atoms with Gasteiger partial charge in [0.25, 0.3) is 0 Å². The molecule has 1 saturated heterocycles. The summed E-state index contributed by atoms with van der Waals surface area (Å²) in [5, 5.41) is 3.63. The van der Waals surface area contributed by atoms with Crippen LogP contribution in [0, 0.1) is 0 Å². The number of hydrogen-bond acceptors (Lipinski definition) is 3. The van der Waals surface area contributed by atoms with Gasteiger partial charge >= 0.3 is 0 Å². The molecule has 0 radical (unpaired) electrons. The first kappa shape index (κ1) is 12.9. The molecule has 3 heteroatoms. The van der Waals surface area contributed by atoms with Crippen LogP contribution in [0.15, 0.2) is 0 Å². The lowest BCUT2D eigenvalue weighted by Gasteiger charge is -2.33. The van der Waals surface area contributed by atoms with Gasteiger partial charge in [-0.1, -0.05) is 6.92 Å². The maximum atomic E-state index is 5.13. The van der Waals surface area contributed by atoms with E-state index in [1.54, 1.807) is 7.11 Å². The molecule has 0 aromatic heterocycles. The number of piperidine rings is 1. The number of hydrogen-bond donors (Lipinski definition) is 1. The quantitative estimate of drug-likeness (QED) is 0.725. The molecule has 3 nitrogen and oxygen atoms in total. The lowest BCUT2D eigenvalue weighted by atomic mass is 10.0. The molecule has 0 aliphatic carbocycles. The minimum Gasteiger partial charge on any atom is -0.383 e. The highest BCUT2D eigenvalue weighted by atomic mass is 16.5. The van der Waals surface area contributed by atoms with Crippen LogP contribution in [-0.4, -0.2) is 50.3 Å². The normalized spacial score (nSPS) is 21.8. The maximum absolute atomic E-state index is 5.13. The molecule has 0 saturated carbocycles. The lowest BCUT2D eigenvalue weighted by molar-refractivity contribution is 0.147. The maximum Gasteiger partial charge on any atom is 0.0613 e. The molecule has 90 valence electrons. The van der Waals surface area contributed by atoms with E-state index >= 15 is 0 Å². The molecule has 0 aromatic carbocycles. The zero-order chi connectivity index (χ0) is 11.1. The zero-order valence-electron chi connectivity index (χ0n) is 10.5. The van der Waals surface area contributed by atoms with Crippen molar-refractivity contribution >= 4 is 0 Å². The second kappa shape index (κ2) is 7.20. The first-order valence-corrected chi connectivity index (χ1v) is 6.23. The molecule has 0 aromatic rings. The summed E-state index contributed by atoms with van der Waals surface area (Å²) in [7, 11) is 1.77. The molecule has 1 fully saturated rings. The number of nitrogens with one attached hydrogen (secondary N) is 1. The van der Waals surface area contributed by atoms with E-state index in [1.165, 1.54) is 38.9 Å². The molecular formula is C12H26N2O. The molecule has 0 unspecified atom stereocenters. The van der Waals surface area contributed by atoms with Gasteiger partial charge < -0.3 is 15.0 Å². The smallest absolute Gasteiger partial charge is 0.0613 e. The van der Waals surface area contributed by atoms with Gasteiger partial charge in [0.2, 0.25) is 0 Å². The van der Waals surface area contributed by atoms with Crippen LogP contribution in [0.1, 0.15) is 33.1 Å². The minimum atomic E-state index is 0.484. The van der Waals surface area contributed by atoms with Crippen LogP contribution in [0.2, 0.25) is 0 Å². The van der Waals surface area contributed by atoms with Crippen LogP contribution >= 0.6 is 0 Å². The summed E-state index contributed by atoms with van der Waals surface area (Å²) in [6.45, 7) is 9.04. The predicted molar refractivity (Wildman–Crippen MR) is 64.2 cm³/mol. The molecule has 1 atom stereocenters. The van der Waals surface area contributed by atoms with Crippen LogP contribution in [0.5, 0.6) is 0 Å². The van der Waals surface area contributed by atoms with E-state index in [4.69, 9.17) is 4.74 Å². The Kier molecular flexibility index (Phi) is 6.22. The molecule has 0 bridgehead atoms. The van der Waals surface area contributed by atoms with Crippen molar-refractivity contribution in [1.29, 1.82) is 0 Å². The fourth-order valence-corrected chi connectivity index (χ4v) is 2.34. The molecule has 1 heterocycles. The van der Waals surface area contributed by atoms with Crippen molar-refractivity contribution in [3.05, 3.63) is 0 Å². The summed E-state index contributed by atoms with van der Waals surface area (Å²) < 4.78 is 5.13. The van der Waals surface area contributed by atoms with E-state index in [-0.39, 0.29) is 0 Å². The number of ether oxygens (including phenoxy) is 1. The van der Waals surface area contributed by atoms with Gasteiger partial charge in [-0.15, -0.1) is 0 Å². The minimum absolute atomic E-state index is 0.484. The Bertz CT molecular complexity index is 156. The van der Waals surface area contributed by atoms with Crippen LogP contribution in [0.25, 0.3) is 0 Å². The molecule has 1 rings (SSSR count). The number of rotatable bonds is 6. The van der Waals surface area contributed by atoms with E-state index in [1.807, 2.05) is 0 Å². The molecule has 0 spiro atoms. The van der Waals surface area contributed by atoms with Crippen molar-refractivity contribution in [3.63, 3.8) is 0 Å². The van der Waals surface area contributed by atoms with Crippen LogP contribution < -0.4 is 5.32 Å². The van der Waals surface area contributed by atoms with Crippen molar-refractivity contribution in [2.75, 3.05) is 33.4 Å². The van der Waals surface area contributed by atoms with Crippen molar-refractivity contribution in [2.24, 2.45) is 0 Å². The van der Waals surface area contributed by atoms with E-state index in [0.29, 0.717) is 12.1 Å². The first-order valence-electron chi connectivity index (χ1n) is 6.23. The van der Waals surface area contributed by atoms with Crippen molar-refractivity contribution in [1.82, 2.24) is 10.2 Å². The monoisotopic (exact) mass is 214 g/mol. The third-order valence-electron chi connectivity index (χ3n) is 3.06. The highest BCUT2D eigenvalue weighted by Gasteiger charge is 2.19. The third-order valence-corrected chi connectivity index (χ3v) is 3.06. The Morgan fingerprint density at radius 2 is 2.07 bits per heavy atom. The van der Waals surface area contributed by atoms with Gasteiger partial charge in [-0.3, -0.25) is 0 Å². The predicted octanol–water partition coefficient (Wildman–Crippen LogP) is 1.49. The molecule has 15 heavy (non-hydrogen) atoms. The van der Waals surface area contributed by atoms with Crippen molar-refractivity contribution < 1.29 is 4.74 Å². The molecular weight excluding hydrogens is 188 g/mol. The van der Waals surface area contributed by atoms with Crippen molar-refractivity contribution in [3.8, 4) is 0 Å².